The molecule has 7 nitrogen and oxygen atoms in total. The molecule has 0 bridgehead atoms. The molecule has 1 aliphatic carbocycles. The maximum Gasteiger partial charge on any atom is 0.271 e. The molecule has 0 radical (unpaired) electrons. The van der Waals surface area contributed by atoms with E-state index < -0.39 is 23.0 Å². The van der Waals surface area contributed by atoms with Crippen LogP contribution in [0, 0.1) is 0 Å². The zero-order chi connectivity index (χ0) is 23.0. The number of H-pyrrole nitrogens is 1. The number of fused-ring (bicyclic) bond motifs is 6. The van der Waals surface area contributed by atoms with Crippen LogP contribution in [-0.2, 0) is 11.3 Å². The minimum Gasteiger partial charge on any atom is -0.454 e. The van der Waals surface area contributed by atoms with Gasteiger partial charge in [-0.2, -0.15) is 0 Å². The summed E-state index contributed by atoms with van der Waals surface area (Å²) in [7, 11) is 0. The Morgan fingerprint density at radius 2 is 1.91 bits per heavy atom. The summed E-state index contributed by atoms with van der Waals surface area (Å²) in [4.78, 5) is 34.5. The number of benzene rings is 3. The van der Waals surface area contributed by atoms with Crippen LogP contribution in [-0.4, -0.2) is 26.8 Å². The van der Waals surface area contributed by atoms with Crippen LogP contribution in [0.4, 0.5) is 0 Å². The van der Waals surface area contributed by atoms with Crippen molar-refractivity contribution in [2.24, 2.45) is 0 Å². The lowest BCUT2D eigenvalue weighted by molar-refractivity contribution is -0.169. The molecule has 7 heteroatoms. The average molecular weight is 439 g/mol. The van der Waals surface area contributed by atoms with E-state index in [1.165, 1.54) is 0 Å². The molecular formula is C26H21N3O4. The van der Waals surface area contributed by atoms with Crippen LogP contribution in [0.25, 0.3) is 11.0 Å². The second-order valence-electron chi connectivity index (χ2n) is 8.87. The molecule has 6 rings (SSSR count). The normalized spacial score (nSPS) is 22.7. The molecule has 164 valence electrons. The van der Waals surface area contributed by atoms with E-state index in [1.807, 2.05) is 12.1 Å². The first kappa shape index (κ1) is 19.7. The number of aliphatic hydroxyl groups is 1. The van der Waals surface area contributed by atoms with Gasteiger partial charge in [0.15, 0.2) is 0 Å². The number of carbonyl (C=O) groups excluding carboxylic acids is 2. The molecule has 1 aromatic heterocycles. The highest BCUT2D eigenvalue weighted by molar-refractivity contribution is 6.13. The van der Waals surface area contributed by atoms with Crippen LogP contribution >= 0.6 is 0 Å². The summed E-state index contributed by atoms with van der Waals surface area (Å²) in [5.74, 6) is -2.38. The zero-order valence-corrected chi connectivity index (χ0v) is 18.0. The second kappa shape index (κ2) is 6.52. The molecule has 3 N–H and O–H groups in total. The van der Waals surface area contributed by atoms with Gasteiger partial charge in [0, 0.05) is 22.3 Å². The van der Waals surface area contributed by atoms with Gasteiger partial charge >= 0.3 is 0 Å². The van der Waals surface area contributed by atoms with Crippen molar-refractivity contribution >= 4 is 22.7 Å². The molecule has 33 heavy (non-hydrogen) atoms. The SMILES string of the molecule is CC(C)c1ccc2c(c1)OC1(O)c3ccccc3C(=O)C21NC(=O)c1ccc2[nH]cnc2c1. The number of aromatic amines is 1. The van der Waals surface area contributed by atoms with Gasteiger partial charge in [0.05, 0.1) is 17.4 Å². The number of hydrogen-bond acceptors (Lipinski definition) is 5. The Morgan fingerprint density at radius 3 is 2.73 bits per heavy atom. The Labute approximate surface area is 189 Å². The van der Waals surface area contributed by atoms with E-state index in [1.54, 1.807) is 54.9 Å². The number of aromatic nitrogens is 2. The van der Waals surface area contributed by atoms with Crippen LogP contribution in [0.2, 0.25) is 0 Å². The Hall–Kier alpha value is -3.97. The van der Waals surface area contributed by atoms with E-state index >= 15 is 0 Å². The van der Waals surface area contributed by atoms with Crippen molar-refractivity contribution in [3.63, 3.8) is 0 Å². The number of rotatable bonds is 3. The summed E-state index contributed by atoms with van der Waals surface area (Å²) in [6.07, 6.45) is 1.55. The Morgan fingerprint density at radius 1 is 1.09 bits per heavy atom. The van der Waals surface area contributed by atoms with E-state index in [9.17, 15) is 14.7 Å². The average Bonchev–Trinajstić information content (AvgIpc) is 3.43. The first-order valence-corrected chi connectivity index (χ1v) is 10.8. The summed E-state index contributed by atoms with van der Waals surface area (Å²) in [6, 6.07) is 17.3. The van der Waals surface area contributed by atoms with Crippen molar-refractivity contribution in [3.8, 4) is 5.75 Å². The monoisotopic (exact) mass is 439 g/mol. The topological polar surface area (TPSA) is 104 Å². The third-order valence-electron chi connectivity index (χ3n) is 6.70. The van der Waals surface area contributed by atoms with Crippen molar-refractivity contribution in [2.75, 3.05) is 0 Å². The van der Waals surface area contributed by atoms with Crippen molar-refractivity contribution in [2.45, 2.75) is 31.1 Å². The molecule has 1 aliphatic heterocycles. The van der Waals surface area contributed by atoms with E-state index in [-0.39, 0.29) is 5.92 Å². The molecule has 1 amide bonds. The number of Topliss-reactive ketones (excluding diaryl/α,β-unsaturated/α-hetero) is 1. The molecule has 3 aromatic carbocycles. The van der Waals surface area contributed by atoms with Gasteiger partial charge in [-0.1, -0.05) is 50.2 Å². The van der Waals surface area contributed by atoms with E-state index in [2.05, 4.69) is 29.1 Å². The summed E-state index contributed by atoms with van der Waals surface area (Å²) < 4.78 is 6.11. The summed E-state index contributed by atoms with van der Waals surface area (Å²) in [6.45, 7) is 4.10. The largest absolute Gasteiger partial charge is 0.454 e. The highest BCUT2D eigenvalue weighted by atomic mass is 16.6. The molecule has 0 fully saturated rings. The lowest BCUT2D eigenvalue weighted by Crippen LogP contribution is -2.60. The fourth-order valence-corrected chi connectivity index (χ4v) is 4.95. The van der Waals surface area contributed by atoms with Gasteiger partial charge in [-0.15, -0.1) is 0 Å². The highest BCUT2D eigenvalue weighted by Crippen LogP contribution is 2.58. The lowest BCUT2D eigenvalue weighted by atomic mass is 9.82. The minimum atomic E-state index is -2.06. The summed E-state index contributed by atoms with van der Waals surface area (Å²) in [5, 5.41) is 14.8. The third kappa shape index (κ3) is 2.45. The molecule has 2 unspecified atom stereocenters. The molecule has 4 aromatic rings. The second-order valence-corrected chi connectivity index (χ2v) is 8.87. The molecule has 0 spiro atoms. The Kier molecular flexibility index (Phi) is 3.89. The quantitative estimate of drug-likeness (QED) is 0.451. The molecule has 2 atom stereocenters. The maximum atomic E-state index is 13.9. The maximum absolute atomic E-state index is 13.9. The van der Waals surface area contributed by atoms with Gasteiger partial charge in [-0.3, -0.25) is 9.59 Å². The van der Waals surface area contributed by atoms with Crippen LogP contribution in [0.1, 0.15) is 57.2 Å². The number of imidazole rings is 1. The van der Waals surface area contributed by atoms with Gasteiger partial charge in [0.25, 0.3) is 11.7 Å². The number of nitrogens with zero attached hydrogens (tertiary/aromatic N) is 1. The highest BCUT2D eigenvalue weighted by Gasteiger charge is 2.71. The number of hydrogen-bond donors (Lipinski definition) is 3. The van der Waals surface area contributed by atoms with Crippen LogP contribution < -0.4 is 10.1 Å². The number of carbonyl (C=O) groups is 2. The zero-order valence-electron chi connectivity index (χ0n) is 18.0. The fourth-order valence-electron chi connectivity index (χ4n) is 4.95. The van der Waals surface area contributed by atoms with Crippen LogP contribution in [0.3, 0.4) is 0 Å². The van der Waals surface area contributed by atoms with E-state index in [0.29, 0.717) is 33.5 Å². The van der Waals surface area contributed by atoms with Crippen molar-refractivity contribution in [3.05, 3.63) is 94.8 Å². The van der Waals surface area contributed by atoms with Crippen LogP contribution in [0.15, 0.2) is 67.0 Å². The number of ketones is 1. The molecular weight excluding hydrogens is 418 g/mol. The Balaban J connectivity index is 1.53. The fraction of sp³-hybridized carbons (Fsp3) is 0.192. The van der Waals surface area contributed by atoms with E-state index in [4.69, 9.17) is 4.74 Å². The van der Waals surface area contributed by atoms with Crippen LogP contribution in [0.5, 0.6) is 5.75 Å². The third-order valence-corrected chi connectivity index (χ3v) is 6.70. The predicted molar refractivity (Wildman–Crippen MR) is 121 cm³/mol. The van der Waals surface area contributed by atoms with Crippen molar-refractivity contribution in [1.29, 1.82) is 0 Å². The standard InChI is InChI=1S/C26H21N3O4/c1-14(2)15-7-9-19-22(12-15)33-26(32)18-6-4-3-5-17(18)23(30)25(19,26)29-24(31)16-8-10-20-21(11-16)28-13-27-20/h3-14,32H,1-2H3,(H,27,28)(H,29,31). The Bertz CT molecular complexity index is 1470. The number of amides is 1. The summed E-state index contributed by atoms with van der Waals surface area (Å²) >= 11 is 0. The number of nitrogens with one attached hydrogen (secondary N) is 2. The molecule has 2 aliphatic rings. The molecule has 2 heterocycles. The molecule has 0 saturated heterocycles. The van der Waals surface area contributed by atoms with Gasteiger partial charge in [-0.05, 0) is 35.7 Å². The van der Waals surface area contributed by atoms with Crippen molar-refractivity contribution in [1.82, 2.24) is 15.3 Å². The van der Waals surface area contributed by atoms with Gasteiger partial charge in [-0.25, -0.2) is 4.98 Å². The minimum absolute atomic E-state index is 0.225. The van der Waals surface area contributed by atoms with E-state index in [0.717, 1.165) is 11.1 Å². The predicted octanol–water partition coefficient (Wildman–Crippen LogP) is 3.75. The molecule has 0 saturated carbocycles. The lowest BCUT2D eigenvalue weighted by Gasteiger charge is -2.34. The van der Waals surface area contributed by atoms with Crippen molar-refractivity contribution < 1.29 is 19.4 Å². The van der Waals surface area contributed by atoms with Gasteiger partial charge in [0.1, 0.15) is 5.75 Å². The number of ether oxygens (including phenoxy) is 1. The smallest absolute Gasteiger partial charge is 0.271 e. The first-order chi connectivity index (χ1) is 15.8. The van der Waals surface area contributed by atoms with Gasteiger partial charge < -0.3 is 20.1 Å². The first-order valence-electron chi connectivity index (χ1n) is 10.8. The van der Waals surface area contributed by atoms with Gasteiger partial charge in [0.2, 0.25) is 11.3 Å². The summed E-state index contributed by atoms with van der Waals surface area (Å²) in [5.41, 5.74) is 2.03.